The number of hydrogen-bond acceptors (Lipinski definition) is 1. The summed E-state index contributed by atoms with van der Waals surface area (Å²) in [4.78, 5) is 10.8. The zero-order chi connectivity index (χ0) is 12.5. The molecule has 0 aliphatic rings. The van der Waals surface area contributed by atoms with Crippen LogP contribution in [0.2, 0.25) is 5.02 Å². The summed E-state index contributed by atoms with van der Waals surface area (Å²) in [5.74, 6) is -1.36. The molecule has 0 aliphatic heterocycles. The van der Waals surface area contributed by atoms with E-state index in [0.717, 1.165) is 11.1 Å². The number of benzene rings is 1. The number of carboxylic acid groups (broad SMARTS) is 1. The molecule has 1 unspecified atom stereocenters. The molecule has 0 amide bonds. The maximum Gasteiger partial charge on any atom is 0.310 e. The molecule has 0 fully saturated rings. The van der Waals surface area contributed by atoms with Crippen molar-refractivity contribution in [3.05, 3.63) is 34.3 Å². The highest BCUT2D eigenvalue weighted by molar-refractivity contribution is 6.31. The van der Waals surface area contributed by atoms with Crippen molar-refractivity contribution in [2.24, 2.45) is 0 Å². The molecule has 1 N–H and O–H groups in total. The first kappa shape index (κ1) is 13.0. The van der Waals surface area contributed by atoms with E-state index in [1.54, 1.807) is 13.0 Å². The standard InChI is InChI=1S/C13H17ClO2/c1-8(12(15)16)9-5-6-10(11(14)7-9)13(2,3)4/h5-8H,1-4H3,(H,15,16). The van der Waals surface area contributed by atoms with E-state index < -0.39 is 11.9 Å². The van der Waals surface area contributed by atoms with Gasteiger partial charge < -0.3 is 5.11 Å². The third-order valence-corrected chi connectivity index (χ3v) is 2.98. The van der Waals surface area contributed by atoms with Gasteiger partial charge in [-0.3, -0.25) is 4.79 Å². The first-order valence-corrected chi connectivity index (χ1v) is 5.64. The third-order valence-electron chi connectivity index (χ3n) is 2.67. The van der Waals surface area contributed by atoms with E-state index >= 15 is 0 Å². The monoisotopic (exact) mass is 240 g/mol. The Balaban J connectivity index is 3.14. The number of carboxylic acids is 1. The molecule has 0 aliphatic carbocycles. The Morgan fingerprint density at radius 3 is 2.31 bits per heavy atom. The van der Waals surface area contributed by atoms with Crippen LogP contribution in [0.25, 0.3) is 0 Å². The summed E-state index contributed by atoms with van der Waals surface area (Å²) in [7, 11) is 0. The Hall–Kier alpha value is -1.02. The van der Waals surface area contributed by atoms with Crippen LogP contribution in [0.4, 0.5) is 0 Å². The van der Waals surface area contributed by atoms with Crippen molar-refractivity contribution >= 4 is 17.6 Å². The minimum absolute atomic E-state index is 0.0257. The van der Waals surface area contributed by atoms with Crippen molar-refractivity contribution in [2.45, 2.75) is 39.0 Å². The van der Waals surface area contributed by atoms with E-state index in [-0.39, 0.29) is 5.41 Å². The van der Waals surface area contributed by atoms with Crippen LogP contribution in [0, 0.1) is 0 Å². The summed E-state index contributed by atoms with van der Waals surface area (Å²) >= 11 is 6.17. The fraction of sp³-hybridized carbons (Fsp3) is 0.462. The molecule has 3 heteroatoms. The van der Waals surface area contributed by atoms with Crippen LogP contribution in [0.1, 0.15) is 44.7 Å². The molecular weight excluding hydrogens is 224 g/mol. The normalized spacial score (nSPS) is 13.6. The van der Waals surface area contributed by atoms with Gasteiger partial charge in [0, 0.05) is 5.02 Å². The highest BCUT2D eigenvalue weighted by Crippen LogP contribution is 2.31. The molecule has 0 bridgehead atoms. The molecule has 16 heavy (non-hydrogen) atoms. The number of rotatable bonds is 2. The summed E-state index contributed by atoms with van der Waals surface area (Å²) in [6, 6.07) is 5.50. The van der Waals surface area contributed by atoms with Crippen molar-refractivity contribution in [3.63, 3.8) is 0 Å². The van der Waals surface area contributed by atoms with Crippen LogP contribution in [0.15, 0.2) is 18.2 Å². The van der Waals surface area contributed by atoms with Gasteiger partial charge in [-0.25, -0.2) is 0 Å². The van der Waals surface area contributed by atoms with Crippen LogP contribution < -0.4 is 0 Å². The van der Waals surface area contributed by atoms with Crippen molar-refractivity contribution in [1.29, 1.82) is 0 Å². The van der Waals surface area contributed by atoms with E-state index in [4.69, 9.17) is 16.7 Å². The quantitative estimate of drug-likeness (QED) is 0.853. The molecule has 0 heterocycles. The summed E-state index contributed by atoms with van der Waals surface area (Å²) in [6.07, 6.45) is 0. The maximum atomic E-state index is 10.8. The molecule has 1 aromatic carbocycles. The van der Waals surface area contributed by atoms with Crippen LogP contribution in [-0.4, -0.2) is 11.1 Å². The highest BCUT2D eigenvalue weighted by Gasteiger charge is 2.20. The summed E-state index contributed by atoms with van der Waals surface area (Å²) < 4.78 is 0. The Morgan fingerprint density at radius 1 is 1.38 bits per heavy atom. The number of carbonyl (C=O) groups is 1. The number of aliphatic carboxylic acids is 1. The van der Waals surface area contributed by atoms with E-state index in [1.807, 2.05) is 12.1 Å². The zero-order valence-corrected chi connectivity index (χ0v) is 10.8. The number of hydrogen-bond donors (Lipinski definition) is 1. The van der Waals surface area contributed by atoms with Crippen molar-refractivity contribution in [3.8, 4) is 0 Å². The second-order valence-electron chi connectivity index (χ2n) is 5.05. The predicted molar refractivity (Wildman–Crippen MR) is 66.2 cm³/mol. The van der Waals surface area contributed by atoms with Gasteiger partial charge in [0.05, 0.1) is 5.92 Å². The lowest BCUT2D eigenvalue weighted by Crippen LogP contribution is -2.13. The van der Waals surface area contributed by atoms with Gasteiger partial charge in [-0.1, -0.05) is 44.5 Å². The van der Waals surface area contributed by atoms with Gasteiger partial charge in [-0.15, -0.1) is 0 Å². The Bertz CT molecular complexity index is 405. The van der Waals surface area contributed by atoms with E-state index in [1.165, 1.54) is 0 Å². The maximum absolute atomic E-state index is 10.8. The minimum atomic E-state index is -0.834. The average Bonchev–Trinajstić information content (AvgIpc) is 2.14. The predicted octanol–water partition coefficient (Wildman–Crippen LogP) is 3.83. The summed E-state index contributed by atoms with van der Waals surface area (Å²) in [5.41, 5.74) is 1.75. The van der Waals surface area contributed by atoms with Crippen molar-refractivity contribution in [2.75, 3.05) is 0 Å². The molecule has 1 rings (SSSR count). The average molecular weight is 241 g/mol. The molecule has 1 atom stereocenters. The minimum Gasteiger partial charge on any atom is -0.481 e. The lowest BCUT2D eigenvalue weighted by molar-refractivity contribution is -0.138. The Kier molecular flexibility index (Phi) is 3.64. The summed E-state index contributed by atoms with van der Waals surface area (Å²) in [6.45, 7) is 7.89. The topological polar surface area (TPSA) is 37.3 Å². The molecule has 1 aromatic rings. The molecule has 0 saturated carbocycles. The van der Waals surface area contributed by atoms with E-state index in [2.05, 4.69) is 20.8 Å². The zero-order valence-electron chi connectivity index (χ0n) is 10.0. The van der Waals surface area contributed by atoms with Gasteiger partial charge in [0.15, 0.2) is 0 Å². The molecule has 0 radical (unpaired) electrons. The van der Waals surface area contributed by atoms with Crippen molar-refractivity contribution < 1.29 is 9.90 Å². The lowest BCUT2D eigenvalue weighted by atomic mass is 9.85. The smallest absolute Gasteiger partial charge is 0.310 e. The molecule has 0 saturated heterocycles. The Labute approximate surface area is 101 Å². The van der Waals surface area contributed by atoms with Crippen LogP contribution in [0.5, 0.6) is 0 Å². The van der Waals surface area contributed by atoms with Gasteiger partial charge in [-0.05, 0) is 29.5 Å². The van der Waals surface area contributed by atoms with Gasteiger partial charge in [-0.2, -0.15) is 0 Å². The summed E-state index contributed by atoms with van der Waals surface area (Å²) in [5, 5.41) is 9.55. The lowest BCUT2D eigenvalue weighted by Gasteiger charge is -2.21. The fourth-order valence-electron chi connectivity index (χ4n) is 1.55. The second kappa shape index (κ2) is 4.46. The van der Waals surface area contributed by atoms with Crippen LogP contribution >= 0.6 is 11.6 Å². The number of halogens is 1. The first-order chi connectivity index (χ1) is 7.23. The van der Waals surface area contributed by atoms with Gasteiger partial charge in [0.25, 0.3) is 0 Å². The molecule has 0 spiro atoms. The molecule has 0 aromatic heterocycles. The largest absolute Gasteiger partial charge is 0.481 e. The van der Waals surface area contributed by atoms with E-state index in [0.29, 0.717) is 5.02 Å². The second-order valence-corrected chi connectivity index (χ2v) is 5.46. The molecule has 2 nitrogen and oxygen atoms in total. The molecular formula is C13H17ClO2. The molecule has 88 valence electrons. The van der Waals surface area contributed by atoms with Crippen LogP contribution in [0.3, 0.4) is 0 Å². The first-order valence-electron chi connectivity index (χ1n) is 5.26. The highest BCUT2D eigenvalue weighted by atomic mass is 35.5. The fourth-order valence-corrected chi connectivity index (χ4v) is 2.02. The van der Waals surface area contributed by atoms with E-state index in [9.17, 15) is 4.79 Å². The van der Waals surface area contributed by atoms with Gasteiger partial charge >= 0.3 is 5.97 Å². The Morgan fingerprint density at radius 2 is 1.94 bits per heavy atom. The third kappa shape index (κ3) is 2.76. The van der Waals surface area contributed by atoms with Crippen LogP contribution in [-0.2, 0) is 10.2 Å². The van der Waals surface area contributed by atoms with Gasteiger partial charge in [0.1, 0.15) is 0 Å². The van der Waals surface area contributed by atoms with Crippen molar-refractivity contribution in [1.82, 2.24) is 0 Å². The SMILES string of the molecule is CC(C(=O)O)c1ccc(C(C)(C)C)c(Cl)c1. The van der Waals surface area contributed by atoms with Gasteiger partial charge in [0.2, 0.25) is 0 Å².